The Bertz CT molecular complexity index is 1020. The van der Waals surface area contributed by atoms with Gasteiger partial charge in [0.15, 0.2) is 12.4 Å². The first kappa shape index (κ1) is 32.2. The number of carbonyl (C=O) groups is 4. The number of hydrogen-bond donors (Lipinski definition) is 1. The summed E-state index contributed by atoms with van der Waals surface area (Å²) in [6, 6.07) is 3.11. The van der Waals surface area contributed by atoms with Crippen molar-refractivity contribution in [2.45, 2.75) is 67.7 Å². The van der Waals surface area contributed by atoms with E-state index in [1.165, 1.54) is 6.07 Å². The molecule has 0 radical (unpaired) electrons. The van der Waals surface area contributed by atoms with Gasteiger partial charge >= 0.3 is 11.9 Å². The van der Waals surface area contributed by atoms with Crippen LogP contribution in [0.15, 0.2) is 24.3 Å². The molecular weight excluding hydrogens is 498 g/mol. The van der Waals surface area contributed by atoms with Gasteiger partial charge in [0.25, 0.3) is 0 Å². The first-order valence-electron chi connectivity index (χ1n) is 12.5. The second kappa shape index (κ2) is 14.2. The van der Waals surface area contributed by atoms with Crippen LogP contribution in [0.2, 0.25) is 5.02 Å². The number of hydrogen-bond acceptors (Lipinski definition) is 7. The zero-order valence-corrected chi connectivity index (χ0v) is 23.8. The zero-order chi connectivity index (χ0) is 28.4. The molecule has 0 saturated carbocycles. The van der Waals surface area contributed by atoms with E-state index < -0.39 is 22.8 Å². The molecule has 0 bridgehead atoms. The molecule has 1 N–H and O–H groups in total. The van der Waals surface area contributed by atoms with Crippen molar-refractivity contribution in [1.29, 1.82) is 0 Å². The number of Topliss-reactive ketones (excluding diaryl/α,β-unsaturated/α-hetero) is 1. The van der Waals surface area contributed by atoms with Crippen molar-refractivity contribution < 1.29 is 33.4 Å². The molecule has 0 saturated heterocycles. The fourth-order valence-corrected chi connectivity index (χ4v) is 4.03. The lowest BCUT2D eigenvalue weighted by molar-refractivity contribution is -0.162. The molecule has 1 unspecified atom stereocenters. The molecular formula is C28H40ClNO7. The number of amides is 1. The molecule has 1 aromatic carbocycles. The van der Waals surface area contributed by atoms with Gasteiger partial charge < -0.3 is 19.5 Å². The van der Waals surface area contributed by atoms with Crippen LogP contribution in [0, 0.1) is 17.8 Å². The number of allylic oxidation sites excluding steroid dienone is 1. The summed E-state index contributed by atoms with van der Waals surface area (Å²) in [6.07, 6.45) is 1.31. The zero-order valence-electron chi connectivity index (χ0n) is 23.0. The molecule has 1 amide bonds. The highest BCUT2D eigenvalue weighted by Gasteiger charge is 2.41. The van der Waals surface area contributed by atoms with E-state index >= 15 is 0 Å². The molecule has 8 nitrogen and oxygen atoms in total. The highest BCUT2D eigenvalue weighted by molar-refractivity contribution is 6.35. The Hall–Kier alpha value is -2.87. The Balaban J connectivity index is 2.59. The van der Waals surface area contributed by atoms with Crippen molar-refractivity contribution in [3.63, 3.8) is 0 Å². The van der Waals surface area contributed by atoms with Crippen molar-refractivity contribution >= 4 is 35.2 Å². The molecule has 0 aromatic heterocycles. The van der Waals surface area contributed by atoms with Gasteiger partial charge in [-0.05, 0) is 57.7 Å². The molecule has 0 aliphatic rings. The van der Waals surface area contributed by atoms with Crippen LogP contribution in [0.1, 0.15) is 76.7 Å². The molecule has 1 rings (SSSR count). The Kier molecular flexibility index (Phi) is 12.3. The van der Waals surface area contributed by atoms with Gasteiger partial charge in [-0.25, -0.2) is 4.79 Å². The number of esters is 2. The topological polar surface area (TPSA) is 108 Å². The first-order chi connectivity index (χ1) is 17.2. The summed E-state index contributed by atoms with van der Waals surface area (Å²) in [7, 11) is 0. The minimum atomic E-state index is -0.866. The summed E-state index contributed by atoms with van der Waals surface area (Å²) in [5, 5.41) is 3.04. The highest BCUT2D eigenvalue weighted by atomic mass is 35.5. The molecule has 0 heterocycles. The molecule has 9 heteroatoms. The van der Waals surface area contributed by atoms with E-state index in [4.69, 9.17) is 25.8 Å². The Labute approximate surface area is 225 Å². The quantitative estimate of drug-likeness (QED) is 0.141. The number of nitrogens with one attached hydrogen (secondary N) is 1. The Morgan fingerprint density at radius 3 is 2.22 bits per heavy atom. The predicted octanol–water partition coefficient (Wildman–Crippen LogP) is 5.23. The molecule has 0 fully saturated rings. The third kappa shape index (κ3) is 8.88. The monoisotopic (exact) mass is 537 g/mol. The lowest BCUT2D eigenvalue weighted by atomic mass is 9.72. The van der Waals surface area contributed by atoms with Crippen LogP contribution in [-0.2, 0) is 23.9 Å². The van der Waals surface area contributed by atoms with Gasteiger partial charge in [0.2, 0.25) is 5.91 Å². The van der Waals surface area contributed by atoms with Crippen LogP contribution in [0.5, 0.6) is 5.75 Å². The summed E-state index contributed by atoms with van der Waals surface area (Å²) in [6.45, 7) is 16.2. The second-order valence-electron chi connectivity index (χ2n) is 9.82. The van der Waals surface area contributed by atoms with E-state index in [0.29, 0.717) is 48.3 Å². The minimum absolute atomic E-state index is 0.120. The summed E-state index contributed by atoms with van der Waals surface area (Å²) in [5.41, 5.74) is -0.316. The number of rotatable bonds is 15. The van der Waals surface area contributed by atoms with Crippen LogP contribution in [-0.4, -0.2) is 50.0 Å². The lowest BCUT2D eigenvalue weighted by Crippen LogP contribution is -2.43. The van der Waals surface area contributed by atoms with Gasteiger partial charge in [0.1, 0.15) is 19.0 Å². The minimum Gasteiger partial charge on any atom is -0.482 e. The standard InChI is InChI=1S/C28H40ClNO7/c1-9-18(4)24(32)20-12-13-21(19(5)23(20)29)37-16-22(31)35-14-15-36-26(34)28(8,10-2)17-27(6,7)25(33)30-11-3/h12-13H,4,9-11,14-17H2,1-3,5-8H3,(H,30,33). The maximum absolute atomic E-state index is 12.8. The van der Waals surface area contributed by atoms with Crippen molar-refractivity contribution in [3.8, 4) is 5.75 Å². The van der Waals surface area contributed by atoms with Crippen LogP contribution in [0.3, 0.4) is 0 Å². The average molecular weight is 538 g/mol. The maximum Gasteiger partial charge on any atom is 0.344 e. The van der Waals surface area contributed by atoms with E-state index in [0.717, 1.165) is 0 Å². The van der Waals surface area contributed by atoms with Gasteiger partial charge in [-0.15, -0.1) is 0 Å². The third-order valence-corrected chi connectivity index (χ3v) is 6.80. The highest BCUT2D eigenvalue weighted by Crippen LogP contribution is 2.38. The largest absolute Gasteiger partial charge is 0.482 e. The average Bonchev–Trinajstić information content (AvgIpc) is 2.86. The molecule has 1 aromatic rings. The van der Waals surface area contributed by atoms with Gasteiger partial charge in [-0.3, -0.25) is 14.4 Å². The lowest BCUT2D eigenvalue weighted by Gasteiger charge is -2.34. The fourth-order valence-electron chi connectivity index (χ4n) is 3.79. The number of ether oxygens (including phenoxy) is 3. The molecule has 37 heavy (non-hydrogen) atoms. The van der Waals surface area contributed by atoms with Gasteiger partial charge in [-0.2, -0.15) is 0 Å². The van der Waals surface area contributed by atoms with Crippen LogP contribution >= 0.6 is 11.6 Å². The molecule has 0 aliphatic heterocycles. The van der Waals surface area contributed by atoms with Gasteiger partial charge in [0, 0.05) is 23.1 Å². The Morgan fingerprint density at radius 2 is 1.65 bits per heavy atom. The number of ketones is 1. The SMILES string of the molecule is C=C(CC)C(=O)c1ccc(OCC(=O)OCCOC(=O)C(C)(CC)CC(C)(C)C(=O)NCC)c(C)c1Cl. The molecule has 206 valence electrons. The summed E-state index contributed by atoms with van der Waals surface area (Å²) in [4.78, 5) is 49.6. The predicted molar refractivity (Wildman–Crippen MR) is 143 cm³/mol. The van der Waals surface area contributed by atoms with E-state index in [1.807, 2.05) is 20.8 Å². The number of carbonyl (C=O) groups excluding carboxylic acids is 4. The summed E-state index contributed by atoms with van der Waals surface area (Å²) < 4.78 is 16.0. The Morgan fingerprint density at radius 1 is 1.03 bits per heavy atom. The van der Waals surface area contributed by atoms with E-state index in [9.17, 15) is 19.2 Å². The summed E-state index contributed by atoms with van der Waals surface area (Å²) >= 11 is 6.33. The van der Waals surface area contributed by atoms with E-state index in [-0.39, 0.29) is 36.5 Å². The fraction of sp³-hybridized carbons (Fsp3) is 0.571. The summed E-state index contributed by atoms with van der Waals surface area (Å²) in [5.74, 6) is -1.11. The van der Waals surface area contributed by atoms with E-state index in [1.54, 1.807) is 33.8 Å². The normalized spacial score (nSPS) is 12.8. The molecule has 0 aliphatic carbocycles. The van der Waals surface area contributed by atoms with Crippen molar-refractivity contribution in [2.75, 3.05) is 26.4 Å². The first-order valence-corrected chi connectivity index (χ1v) is 12.9. The number of halogens is 1. The van der Waals surface area contributed by atoms with Gasteiger partial charge in [0.05, 0.1) is 10.4 Å². The van der Waals surface area contributed by atoms with Gasteiger partial charge in [-0.1, -0.05) is 45.9 Å². The maximum atomic E-state index is 12.8. The van der Waals surface area contributed by atoms with Crippen LogP contribution in [0.25, 0.3) is 0 Å². The van der Waals surface area contributed by atoms with Crippen molar-refractivity contribution in [2.24, 2.45) is 10.8 Å². The molecule has 0 spiro atoms. The number of benzene rings is 1. The van der Waals surface area contributed by atoms with Crippen LogP contribution < -0.4 is 10.1 Å². The van der Waals surface area contributed by atoms with Crippen LogP contribution in [0.4, 0.5) is 0 Å². The van der Waals surface area contributed by atoms with E-state index in [2.05, 4.69) is 11.9 Å². The van der Waals surface area contributed by atoms with Crippen molar-refractivity contribution in [3.05, 3.63) is 40.4 Å². The van der Waals surface area contributed by atoms with Crippen molar-refractivity contribution in [1.82, 2.24) is 5.32 Å². The third-order valence-electron chi connectivity index (χ3n) is 6.31. The smallest absolute Gasteiger partial charge is 0.344 e. The molecule has 1 atom stereocenters. The second-order valence-corrected chi connectivity index (χ2v) is 10.2.